The molecular formula is C53H86O22. The van der Waals surface area contributed by atoms with E-state index in [-0.39, 0.29) is 40.6 Å². The highest BCUT2D eigenvalue weighted by Gasteiger charge is 2.71. The van der Waals surface area contributed by atoms with E-state index in [1.54, 1.807) is 6.92 Å². The third kappa shape index (κ3) is 9.12. The second-order valence-corrected chi connectivity index (χ2v) is 25.9. The van der Waals surface area contributed by atoms with E-state index in [0.29, 0.717) is 32.1 Å². The lowest BCUT2D eigenvalue weighted by Crippen LogP contribution is -2.69. The first-order valence-electron chi connectivity index (χ1n) is 27.1. The maximum absolute atomic E-state index is 12.5. The fraction of sp³-hybridized carbons (Fsp3) is 0.943. The number of carbonyl (C=O) groups is 1. The minimum absolute atomic E-state index is 0.0130. The van der Waals surface area contributed by atoms with Gasteiger partial charge in [0, 0.05) is 10.8 Å². The second-order valence-electron chi connectivity index (χ2n) is 25.9. The average molecular weight is 1080 g/mol. The van der Waals surface area contributed by atoms with E-state index < -0.39 is 164 Å². The van der Waals surface area contributed by atoms with Crippen molar-refractivity contribution in [3.05, 3.63) is 11.6 Å². The molecule has 75 heavy (non-hydrogen) atoms. The number of aliphatic hydroxyl groups is 12. The topological polar surface area (TPSA) is 354 Å². The molecule has 0 amide bonds. The zero-order chi connectivity index (χ0) is 55.0. The Morgan fingerprint density at radius 2 is 1.20 bits per heavy atom. The van der Waals surface area contributed by atoms with Gasteiger partial charge in [0.2, 0.25) is 0 Å². The van der Waals surface area contributed by atoms with Crippen LogP contribution in [0.3, 0.4) is 0 Å². The van der Waals surface area contributed by atoms with Crippen molar-refractivity contribution in [3.63, 3.8) is 0 Å². The fourth-order valence-electron chi connectivity index (χ4n) is 16.3. The third-order valence-electron chi connectivity index (χ3n) is 21.4. The van der Waals surface area contributed by atoms with Crippen molar-refractivity contribution >= 4 is 5.97 Å². The number of carboxylic acids is 1. The maximum Gasteiger partial charge on any atom is 0.335 e. The van der Waals surface area contributed by atoms with Gasteiger partial charge in [-0.15, -0.1) is 0 Å². The number of aliphatic hydroxyl groups excluding tert-OH is 12. The molecule has 30 unspecified atom stereocenters. The number of hydrogen-bond donors (Lipinski definition) is 13. The van der Waals surface area contributed by atoms with Crippen molar-refractivity contribution in [2.24, 2.45) is 50.2 Å². The molecule has 5 aliphatic carbocycles. The smallest absolute Gasteiger partial charge is 0.335 e. The summed E-state index contributed by atoms with van der Waals surface area (Å²) >= 11 is 0. The zero-order valence-electron chi connectivity index (χ0n) is 44.6. The summed E-state index contributed by atoms with van der Waals surface area (Å²) in [6, 6.07) is 0. The molecule has 9 aliphatic rings. The maximum atomic E-state index is 12.5. The molecule has 8 fully saturated rings. The summed E-state index contributed by atoms with van der Waals surface area (Å²) in [6.07, 6.45) is -25.1. The predicted octanol–water partition coefficient (Wildman–Crippen LogP) is -0.834. The van der Waals surface area contributed by atoms with Crippen molar-refractivity contribution in [3.8, 4) is 0 Å². The Kier molecular flexibility index (Phi) is 15.8. The van der Waals surface area contributed by atoms with E-state index in [2.05, 4.69) is 47.6 Å². The van der Waals surface area contributed by atoms with Gasteiger partial charge in [-0.2, -0.15) is 0 Å². The summed E-state index contributed by atoms with van der Waals surface area (Å²) in [5.41, 5.74) is -1.73. The summed E-state index contributed by atoms with van der Waals surface area (Å²) in [7, 11) is 0. The number of ether oxygens (including phenoxy) is 8. The summed E-state index contributed by atoms with van der Waals surface area (Å²) in [4.78, 5) is 12.5. The van der Waals surface area contributed by atoms with Crippen LogP contribution in [0.15, 0.2) is 11.6 Å². The molecule has 13 N–H and O–H groups in total. The van der Waals surface area contributed by atoms with Gasteiger partial charge in [0.15, 0.2) is 31.3 Å². The lowest BCUT2D eigenvalue weighted by atomic mass is 9.33. The normalized spacial score (nSPS) is 56.9. The SMILES string of the molecule is CC1OC(OC2C(OC3C(OC4CCC5(C)C(CCC6(C)C5CC=C5C7CC(C)(C)C(OC8OC(C)C(O)C(O)C8O)C(O)C7(C)CCC56C)C4(C)CO)OC(C(=O)O)C(O)C3O)OCC(O)C2O)C(O)C(O)C1O. The molecule has 430 valence electrons. The van der Waals surface area contributed by atoms with Crippen LogP contribution in [0.2, 0.25) is 0 Å². The Bertz CT molecular complexity index is 2100. The monoisotopic (exact) mass is 1070 g/mol. The van der Waals surface area contributed by atoms with Crippen LogP contribution in [0.1, 0.15) is 114 Å². The van der Waals surface area contributed by atoms with E-state index in [0.717, 1.165) is 19.3 Å². The van der Waals surface area contributed by atoms with Crippen molar-refractivity contribution in [1.82, 2.24) is 0 Å². The lowest BCUT2D eigenvalue weighted by molar-refractivity contribution is -0.387. The Morgan fingerprint density at radius 1 is 0.613 bits per heavy atom. The minimum Gasteiger partial charge on any atom is -0.479 e. The van der Waals surface area contributed by atoms with Gasteiger partial charge in [-0.1, -0.05) is 60.1 Å². The number of allylic oxidation sites excluding steroid dienone is 2. The molecule has 0 spiro atoms. The van der Waals surface area contributed by atoms with Crippen LogP contribution < -0.4 is 0 Å². The van der Waals surface area contributed by atoms with E-state index in [9.17, 15) is 71.2 Å². The van der Waals surface area contributed by atoms with E-state index in [1.807, 2.05) is 6.92 Å². The van der Waals surface area contributed by atoms with Crippen molar-refractivity contribution in [2.75, 3.05) is 13.2 Å². The van der Waals surface area contributed by atoms with Gasteiger partial charge in [-0.05, 0) is 105 Å². The predicted molar refractivity (Wildman–Crippen MR) is 257 cm³/mol. The van der Waals surface area contributed by atoms with E-state index in [1.165, 1.54) is 12.5 Å². The Labute approximate surface area is 437 Å². The highest BCUT2D eigenvalue weighted by atomic mass is 16.8. The molecule has 4 aliphatic heterocycles. The first-order chi connectivity index (χ1) is 34.9. The van der Waals surface area contributed by atoms with Crippen LogP contribution >= 0.6 is 0 Å². The van der Waals surface area contributed by atoms with Crippen LogP contribution in [0.25, 0.3) is 0 Å². The van der Waals surface area contributed by atoms with Crippen LogP contribution in [0.4, 0.5) is 0 Å². The number of fused-ring (bicyclic) bond motifs is 7. The standard InChI is InChI=1S/C53H86O22/c1-21-29(56)32(59)36(63)44(69-21)73-39-31(58)25(55)19-68-46(39)74-40-35(62)34(61)38(43(66)67)72-47(40)71-28-13-14-50(6)26(51(28,7)20-54)12-15-53(9)27(50)11-10-23-24-18-48(3,4)42(41(65)49(24,5)16-17-52(23,53)8)75-45-37(64)33(60)30(57)22(2)70-45/h10,21-22,24-42,44-47,54-65H,11-20H2,1-9H3,(H,66,67). The molecule has 0 aromatic rings. The molecule has 4 saturated carbocycles. The van der Waals surface area contributed by atoms with Gasteiger partial charge in [-0.25, -0.2) is 4.79 Å². The van der Waals surface area contributed by atoms with E-state index in [4.69, 9.17) is 37.9 Å². The average Bonchev–Trinajstić information content (AvgIpc) is 3.37. The molecule has 22 heteroatoms. The van der Waals surface area contributed by atoms with Crippen LogP contribution in [0, 0.1) is 50.2 Å². The van der Waals surface area contributed by atoms with Crippen LogP contribution in [-0.4, -0.2) is 221 Å². The Hall–Kier alpha value is -1.59. The number of rotatable bonds is 10. The molecule has 30 atom stereocenters. The van der Waals surface area contributed by atoms with Gasteiger partial charge < -0.3 is 104 Å². The second kappa shape index (κ2) is 20.4. The molecular weight excluding hydrogens is 989 g/mol. The quantitative estimate of drug-likeness (QED) is 0.0938. The molecule has 9 rings (SSSR count). The summed E-state index contributed by atoms with van der Waals surface area (Å²) in [5, 5.41) is 142. The van der Waals surface area contributed by atoms with Crippen molar-refractivity contribution in [2.45, 2.75) is 249 Å². The first kappa shape index (κ1) is 58.1. The van der Waals surface area contributed by atoms with Crippen molar-refractivity contribution in [1.29, 1.82) is 0 Å². The zero-order valence-corrected chi connectivity index (χ0v) is 44.6. The van der Waals surface area contributed by atoms with Gasteiger partial charge in [0.05, 0.1) is 43.7 Å². The largest absolute Gasteiger partial charge is 0.479 e. The van der Waals surface area contributed by atoms with Gasteiger partial charge in [0.1, 0.15) is 73.2 Å². The Balaban J connectivity index is 0.958. The lowest BCUT2D eigenvalue weighted by Gasteiger charge is -2.72. The van der Waals surface area contributed by atoms with Crippen LogP contribution in [0.5, 0.6) is 0 Å². The minimum atomic E-state index is -2.05. The summed E-state index contributed by atoms with van der Waals surface area (Å²) < 4.78 is 48.5. The van der Waals surface area contributed by atoms with Crippen LogP contribution in [-0.2, 0) is 42.7 Å². The third-order valence-corrected chi connectivity index (χ3v) is 21.4. The van der Waals surface area contributed by atoms with E-state index >= 15 is 0 Å². The number of carboxylic acid groups (broad SMARTS) is 1. The number of aliphatic carboxylic acids is 1. The van der Waals surface area contributed by atoms with Crippen molar-refractivity contribution < 1.29 is 109 Å². The fourth-order valence-corrected chi connectivity index (χ4v) is 16.3. The number of hydrogen-bond acceptors (Lipinski definition) is 21. The highest BCUT2D eigenvalue weighted by molar-refractivity contribution is 5.73. The molecule has 22 nitrogen and oxygen atoms in total. The Morgan fingerprint density at radius 3 is 1.80 bits per heavy atom. The summed E-state index contributed by atoms with van der Waals surface area (Å²) in [6.45, 7) is 17.4. The van der Waals surface area contributed by atoms with Gasteiger partial charge in [0.25, 0.3) is 0 Å². The first-order valence-corrected chi connectivity index (χ1v) is 27.1. The van der Waals surface area contributed by atoms with Gasteiger partial charge >= 0.3 is 5.97 Å². The molecule has 0 radical (unpaired) electrons. The summed E-state index contributed by atoms with van der Waals surface area (Å²) in [5.74, 6) is -1.62. The molecule has 4 heterocycles. The molecule has 0 aromatic heterocycles. The highest BCUT2D eigenvalue weighted by Crippen LogP contribution is 2.76. The molecule has 0 bridgehead atoms. The molecule has 0 aromatic carbocycles. The van der Waals surface area contributed by atoms with Gasteiger partial charge in [-0.3, -0.25) is 0 Å². The molecule has 4 saturated heterocycles.